The van der Waals surface area contributed by atoms with Crippen LogP contribution in [-0.4, -0.2) is 33.5 Å². The summed E-state index contributed by atoms with van der Waals surface area (Å²) < 4.78 is 7.21. The van der Waals surface area contributed by atoms with E-state index in [1.54, 1.807) is 0 Å². The molecule has 0 saturated carbocycles. The molecule has 0 aromatic carbocycles. The van der Waals surface area contributed by atoms with Gasteiger partial charge in [0.25, 0.3) is 0 Å². The van der Waals surface area contributed by atoms with E-state index in [0.29, 0.717) is 4.99 Å². The quantitative estimate of drug-likeness (QED) is 0.810. The van der Waals surface area contributed by atoms with Crippen LogP contribution in [0.2, 0.25) is 0 Å². The SMILES string of the molecule is Cc1nn(C)c(NC2(C)CCOCC2)c1C(N)=S. The van der Waals surface area contributed by atoms with Crippen LogP contribution in [-0.2, 0) is 11.8 Å². The maximum absolute atomic E-state index is 5.79. The van der Waals surface area contributed by atoms with E-state index in [1.165, 1.54) is 0 Å². The third-order valence-corrected chi connectivity index (χ3v) is 3.69. The molecule has 100 valence electrons. The van der Waals surface area contributed by atoms with Crippen molar-refractivity contribution in [3.8, 4) is 0 Å². The largest absolute Gasteiger partial charge is 0.389 e. The zero-order valence-corrected chi connectivity index (χ0v) is 11.9. The van der Waals surface area contributed by atoms with Crippen LogP contribution in [0.25, 0.3) is 0 Å². The van der Waals surface area contributed by atoms with Gasteiger partial charge in [0.2, 0.25) is 0 Å². The second-order valence-corrected chi connectivity index (χ2v) is 5.53. The molecular formula is C12H20N4OS. The van der Waals surface area contributed by atoms with E-state index in [0.717, 1.165) is 43.1 Å². The minimum Gasteiger partial charge on any atom is -0.389 e. The van der Waals surface area contributed by atoms with Crippen molar-refractivity contribution >= 4 is 23.0 Å². The van der Waals surface area contributed by atoms with Crippen LogP contribution in [0.15, 0.2) is 0 Å². The third kappa shape index (κ3) is 2.49. The smallest absolute Gasteiger partial charge is 0.134 e. The van der Waals surface area contributed by atoms with Gasteiger partial charge in [-0.2, -0.15) is 5.10 Å². The van der Waals surface area contributed by atoms with Crippen molar-refractivity contribution in [3.05, 3.63) is 11.3 Å². The number of thiocarbonyl (C=S) groups is 1. The molecule has 1 saturated heterocycles. The molecule has 0 amide bonds. The molecule has 1 aromatic rings. The summed E-state index contributed by atoms with van der Waals surface area (Å²) in [7, 11) is 1.90. The van der Waals surface area contributed by atoms with E-state index < -0.39 is 0 Å². The Morgan fingerprint density at radius 1 is 1.50 bits per heavy atom. The number of nitrogens with two attached hydrogens (primary N) is 1. The lowest BCUT2D eigenvalue weighted by Gasteiger charge is -2.35. The van der Waals surface area contributed by atoms with Gasteiger partial charge in [-0.3, -0.25) is 4.68 Å². The Morgan fingerprint density at radius 3 is 2.67 bits per heavy atom. The lowest BCUT2D eigenvalue weighted by Crippen LogP contribution is -2.41. The monoisotopic (exact) mass is 268 g/mol. The Hall–Kier alpha value is -1.14. The Bertz CT molecular complexity index is 463. The van der Waals surface area contributed by atoms with Crippen LogP contribution in [0.4, 0.5) is 5.82 Å². The highest BCUT2D eigenvalue weighted by Crippen LogP contribution is 2.28. The van der Waals surface area contributed by atoms with Crippen LogP contribution in [0, 0.1) is 6.92 Å². The Labute approximate surface area is 113 Å². The van der Waals surface area contributed by atoms with Gasteiger partial charge in [0.1, 0.15) is 10.8 Å². The second-order valence-electron chi connectivity index (χ2n) is 5.09. The number of aryl methyl sites for hydroxylation is 2. The van der Waals surface area contributed by atoms with Crippen LogP contribution in [0.3, 0.4) is 0 Å². The highest BCUT2D eigenvalue weighted by Gasteiger charge is 2.30. The number of anilines is 1. The van der Waals surface area contributed by atoms with Crippen molar-refractivity contribution in [2.75, 3.05) is 18.5 Å². The number of nitrogens with one attached hydrogen (secondary N) is 1. The van der Waals surface area contributed by atoms with Crippen molar-refractivity contribution in [2.45, 2.75) is 32.2 Å². The van der Waals surface area contributed by atoms with E-state index in [9.17, 15) is 0 Å². The van der Waals surface area contributed by atoms with Crippen molar-refractivity contribution in [1.82, 2.24) is 9.78 Å². The zero-order chi connectivity index (χ0) is 13.3. The lowest BCUT2D eigenvalue weighted by molar-refractivity contribution is 0.0656. The number of hydrogen-bond acceptors (Lipinski definition) is 4. The fourth-order valence-electron chi connectivity index (χ4n) is 2.33. The van der Waals surface area contributed by atoms with Crippen LogP contribution in [0.1, 0.15) is 31.0 Å². The summed E-state index contributed by atoms with van der Waals surface area (Å²) in [6, 6.07) is 0. The molecule has 1 aliphatic heterocycles. The molecule has 3 N–H and O–H groups in total. The maximum atomic E-state index is 5.79. The van der Waals surface area contributed by atoms with Gasteiger partial charge in [-0.05, 0) is 26.7 Å². The highest BCUT2D eigenvalue weighted by atomic mass is 32.1. The molecule has 6 heteroatoms. The van der Waals surface area contributed by atoms with Crippen LogP contribution in [0.5, 0.6) is 0 Å². The number of nitrogens with zero attached hydrogens (tertiary/aromatic N) is 2. The number of rotatable bonds is 3. The van der Waals surface area contributed by atoms with Crippen molar-refractivity contribution in [2.24, 2.45) is 12.8 Å². The summed E-state index contributed by atoms with van der Waals surface area (Å²) in [6.45, 7) is 5.68. The third-order valence-electron chi connectivity index (χ3n) is 3.49. The van der Waals surface area contributed by atoms with Gasteiger partial charge in [0, 0.05) is 25.8 Å². The summed E-state index contributed by atoms with van der Waals surface area (Å²) in [5.41, 5.74) is 7.51. The van der Waals surface area contributed by atoms with Gasteiger partial charge in [-0.1, -0.05) is 12.2 Å². The minimum absolute atomic E-state index is 0.0119. The summed E-state index contributed by atoms with van der Waals surface area (Å²) in [5, 5.41) is 7.93. The zero-order valence-electron chi connectivity index (χ0n) is 11.1. The molecule has 0 radical (unpaired) electrons. The number of hydrogen-bond donors (Lipinski definition) is 2. The molecular weight excluding hydrogens is 248 g/mol. The Morgan fingerprint density at radius 2 is 2.11 bits per heavy atom. The van der Waals surface area contributed by atoms with E-state index in [4.69, 9.17) is 22.7 Å². The molecule has 18 heavy (non-hydrogen) atoms. The number of aromatic nitrogens is 2. The van der Waals surface area contributed by atoms with E-state index >= 15 is 0 Å². The van der Waals surface area contributed by atoms with Gasteiger partial charge in [-0.15, -0.1) is 0 Å². The molecule has 5 nitrogen and oxygen atoms in total. The lowest BCUT2D eigenvalue weighted by atomic mass is 9.92. The predicted molar refractivity (Wildman–Crippen MR) is 75.9 cm³/mol. The first-order valence-electron chi connectivity index (χ1n) is 6.12. The van der Waals surface area contributed by atoms with Crippen LogP contribution < -0.4 is 11.1 Å². The van der Waals surface area contributed by atoms with Crippen molar-refractivity contribution in [3.63, 3.8) is 0 Å². The van der Waals surface area contributed by atoms with Gasteiger partial charge in [0.05, 0.1) is 11.3 Å². The predicted octanol–water partition coefficient (Wildman–Crippen LogP) is 1.34. The van der Waals surface area contributed by atoms with Gasteiger partial charge >= 0.3 is 0 Å². The Balaban J connectivity index is 2.30. The fraction of sp³-hybridized carbons (Fsp3) is 0.667. The molecule has 0 bridgehead atoms. The summed E-state index contributed by atoms with van der Waals surface area (Å²) >= 11 is 5.11. The average Bonchev–Trinajstić information content (AvgIpc) is 2.54. The van der Waals surface area contributed by atoms with E-state index in [-0.39, 0.29) is 5.54 Å². The average molecular weight is 268 g/mol. The van der Waals surface area contributed by atoms with E-state index in [2.05, 4.69) is 17.3 Å². The first kappa shape index (κ1) is 13.3. The van der Waals surface area contributed by atoms with Gasteiger partial charge in [0.15, 0.2) is 0 Å². The normalized spacial score (nSPS) is 18.6. The Kier molecular flexibility index (Phi) is 3.59. The van der Waals surface area contributed by atoms with E-state index in [1.807, 2.05) is 18.7 Å². The fourth-order valence-corrected chi connectivity index (χ4v) is 2.57. The molecule has 1 aliphatic rings. The summed E-state index contributed by atoms with van der Waals surface area (Å²) in [6.07, 6.45) is 1.93. The molecule has 1 aromatic heterocycles. The topological polar surface area (TPSA) is 65.1 Å². The summed E-state index contributed by atoms with van der Waals surface area (Å²) in [5.74, 6) is 0.907. The molecule has 2 heterocycles. The molecule has 0 atom stereocenters. The molecule has 2 rings (SSSR count). The van der Waals surface area contributed by atoms with Gasteiger partial charge < -0.3 is 15.8 Å². The molecule has 0 unspecified atom stereocenters. The molecule has 0 aliphatic carbocycles. The first-order valence-corrected chi connectivity index (χ1v) is 6.53. The van der Waals surface area contributed by atoms with Crippen molar-refractivity contribution in [1.29, 1.82) is 0 Å². The molecule has 1 fully saturated rings. The van der Waals surface area contributed by atoms with Crippen LogP contribution >= 0.6 is 12.2 Å². The maximum Gasteiger partial charge on any atom is 0.134 e. The number of ether oxygens (including phenoxy) is 1. The first-order chi connectivity index (χ1) is 8.43. The molecule has 0 spiro atoms. The van der Waals surface area contributed by atoms with Gasteiger partial charge in [-0.25, -0.2) is 0 Å². The second kappa shape index (κ2) is 4.85. The standard InChI is InChI=1S/C12H20N4OS/c1-8-9(10(13)18)11(16(3)15-8)14-12(2)4-6-17-7-5-12/h14H,4-7H2,1-3H3,(H2,13,18). The summed E-state index contributed by atoms with van der Waals surface area (Å²) in [4.78, 5) is 0.388. The van der Waals surface area contributed by atoms with Crippen molar-refractivity contribution < 1.29 is 4.74 Å². The minimum atomic E-state index is 0.0119. The highest BCUT2D eigenvalue weighted by molar-refractivity contribution is 7.80.